The van der Waals surface area contributed by atoms with Gasteiger partial charge in [0.1, 0.15) is 11.6 Å². The van der Waals surface area contributed by atoms with Crippen LogP contribution in [0.2, 0.25) is 10.0 Å². The van der Waals surface area contributed by atoms with Gasteiger partial charge in [-0.3, -0.25) is 9.52 Å². The van der Waals surface area contributed by atoms with Crippen molar-refractivity contribution in [2.75, 3.05) is 23.1 Å². The number of hydrogen-bond acceptors (Lipinski definition) is 5. The second-order valence-corrected chi connectivity index (χ2v) is 8.81. The van der Waals surface area contributed by atoms with Gasteiger partial charge in [0.2, 0.25) is 0 Å². The van der Waals surface area contributed by atoms with Crippen LogP contribution in [0.5, 0.6) is 0 Å². The van der Waals surface area contributed by atoms with E-state index in [-0.39, 0.29) is 22.7 Å². The number of pyridine rings is 1. The Morgan fingerprint density at radius 3 is 2.55 bits per heavy atom. The zero-order chi connectivity index (χ0) is 22.4. The quantitative estimate of drug-likeness (QED) is 0.418. The molecule has 2 aromatic carbocycles. The number of hydrogen-bond donors (Lipinski definition) is 3. The van der Waals surface area contributed by atoms with E-state index >= 15 is 0 Å². The van der Waals surface area contributed by atoms with Crippen molar-refractivity contribution in [3.8, 4) is 0 Å². The van der Waals surface area contributed by atoms with Crippen LogP contribution in [0.3, 0.4) is 0 Å². The number of sulfonamides is 1. The first-order chi connectivity index (χ1) is 14.8. The Labute approximate surface area is 188 Å². The van der Waals surface area contributed by atoms with Gasteiger partial charge in [-0.1, -0.05) is 41.4 Å². The van der Waals surface area contributed by atoms with E-state index in [0.717, 1.165) is 6.07 Å². The molecule has 3 N–H and O–H groups in total. The zero-order valence-electron chi connectivity index (χ0n) is 15.9. The maximum absolute atomic E-state index is 13.8. The summed E-state index contributed by atoms with van der Waals surface area (Å²) >= 11 is 11.8. The lowest BCUT2D eigenvalue weighted by Gasteiger charge is -2.11. The number of nitrogens with zero attached hydrogens (tertiary/aromatic N) is 1. The maximum atomic E-state index is 13.8. The first-order valence-electron chi connectivity index (χ1n) is 8.97. The number of rotatable bonds is 8. The molecule has 0 aliphatic heterocycles. The third-order valence-corrected chi connectivity index (χ3v) is 5.89. The minimum atomic E-state index is -4.08. The lowest BCUT2D eigenvalue weighted by atomic mass is 10.2. The number of carbonyl (C=O) groups excluding carboxylic acids is 1. The minimum Gasteiger partial charge on any atom is -0.367 e. The molecular formula is C20H17Cl2FN4O3S. The Bertz CT molecular complexity index is 1210. The molecule has 0 aliphatic rings. The summed E-state index contributed by atoms with van der Waals surface area (Å²) in [6.07, 6.45) is 1.44. The molecule has 1 amide bonds. The van der Waals surface area contributed by atoms with Gasteiger partial charge in [-0.15, -0.1) is 0 Å². The average molecular weight is 483 g/mol. The fourth-order valence-corrected chi connectivity index (χ4v) is 4.12. The van der Waals surface area contributed by atoms with Gasteiger partial charge in [0.15, 0.2) is 0 Å². The van der Waals surface area contributed by atoms with E-state index in [1.165, 1.54) is 54.7 Å². The Balaban J connectivity index is 1.61. The topological polar surface area (TPSA) is 100 Å². The molecule has 0 aliphatic carbocycles. The van der Waals surface area contributed by atoms with Crippen LogP contribution in [0.1, 0.15) is 10.4 Å². The van der Waals surface area contributed by atoms with Crippen molar-refractivity contribution < 1.29 is 17.6 Å². The summed E-state index contributed by atoms with van der Waals surface area (Å²) in [6, 6.07) is 12.4. The van der Waals surface area contributed by atoms with Gasteiger partial charge < -0.3 is 10.6 Å². The van der Waals surface area contributed by atoms with Gasteiger partial charge in [-0.05, 0) is 36.4 Å². The lowest BCUT2D eigenvalue weighted by Crippen LogP contribution is -2.29. The van der Waals surface area contributed by atoms with Gasteiger partial charge in [0, 0.05) is 24.8 Å². The number of nitrogens with one attached hydrogen (secondary N) is 3. The van der Waals surface area contributed by atoms with Gasteiger partial charge in [0.05, 0.1) is 20.6 Å². The molecule has 1 heterocycles. The van der Waals surface area contributed by atoms with Crippen LogP contribution >= 0.6 is 23.2 Å². The molecule has 0 fully saturated rings. The van der Waals surface area contributed by atoms with E-state index in [2.05, 4.69) is 20.3 Å². The number of amides is 1. The van der Waals surface area contributed by atoms with Crippen molar-refractivity contribution in [2.45, 2.75) is 4.90 Å². The molecule has 162 valence electrons. The predicted molar refractivity (Wildman–Crippen MR) is 119 cm³/mol. The molecule has 7 nitrogen and oxygen atoms in total. The van der Waals surface area contributed by atoms with Crippen molar-refractivity contribution in [3.63, 3.8) is 0 Å². The highest BCUT2D eigenvalue weighted by molar-refractivity contribution is 7.92. The largest absolute Gasteiger partial charge is 0.367 e. The normalized spacial score (nSPS) is 11.1. The summed E-state index contributed by atoms with van der Waals surface area (Å²) in [5.41, 5.74) is -0.0445. The van der Waals surface area contributed by atoms with Crippen molar-refractivity contribution in [3.05, 3.63) is 82.2 Å². The fraction of sp³-hybridized carbons (Fsp3) is 0.100. The minimum absolute atomic E-state index is 0.138. The SMILES string of the molecule is O=C(NCCNc1ncc(Cl)cc1Cl)c1cccc(S(=O)(=O)Nc2ccccc2F)c1. The monoisotopic (exact) mass is 482 g/mol. The first-order valence-corrected chi connectivity index (χ1v) is 11.2. The molecule has 3 aromatic rings. The highest BCUT2D eigenvalue weighted by atomic mass is 35.5. The number of para-hydroxylation sites is 1. The van der Waals surface area contributed by atoms with Crippen molar-refractivity contribution in [2.24, 2.45) is 0 Å². The smallest absolute Gasteiger partial charge is 0.262 e. The summed E-state index contributed by atoms with van der Waals surface area (Å²) < 4.78 is 41.0. The molecule has 0 atom stereocenters. The van der Waals surface area contributed by atoms with E-state index in [4.69, 9.17) is 23.2 Å². The third kappa shape index (κ3) is 6.06. The van der Waals surface area contributed by atoms with Gasteiger partial charge in [-0.2, -0.15) is 0 Å². The fourth-order valence-electron chi connectivity index (χ4n) is 2.56. The van der Waals surface area contributed by atoms with E-state index < -0.39 is 21.7 Å². The maximum Gasteiger partial charge on any atom is 0.262 e. The number of aromatic nitrogens is 1. The van der Waals surface area contributed by atoms with Crippen LogP contribution in [0.15, 0.2) is 65.7 Å². The molecule has 0 saturated carbocycles. The molecule has 1 aromatic heterocycles. The van der Waals surface area contributed by atoms with Crippen molar-refractivity contribution >= 4 is 50.6 Å². The molecule has 0 unspecified atom stereocenters. The Hall–Kier alpha value is -2.88. The molecule has 0 saturated heterocycles. The van der Waals surface area contributed by atoms with Crippen LogP contribution in [-0.4, -0.2) is 32.4 Å². The van der Waals surface area contributed by atoms with Gasteiger partial charge >= 0.3 is 0 Å². The molecule has 3 rings (SSSR count). The molecule has 0 radical (unpaired) electrons. The van der Waals surface area contributed by atoms with Crippen molar-refractivity contribution in [1.29, 1.82) is 0 Å². The molecule has 31 heavy (non-hydrogen) atoms. The van der Waals surface area contributed by atoms with Crippen LogP contribution < -0.4 is 15.4 Å². The standard InChI is InChI=1S/C20H17Cl2FN4O3S/c21-14-11-16(22)19(26-12-14)24-8-9-25-20(28)13-4-3-5-15(10-13)31(29,30)27-18-7-2-1-6-17(18)23/h1-7,10-12,27H,8-9H2,(H,24,26)(H,25,28). The Morgan fingerprint density at radius 1 is 1.03 bits per heavy atom. The van der Waals surface area contributed by atoms with E-state index in [1.807, 2.05) is 0 Å². The zero-order valence-corrected chi connectivity index (χ0v) is 18.2. The first kappa shape index (κ1) is 22.8. The van der Waals surface area contributed by atoms with Gasteiger partial charge in [-0.25, -0.2) is 17.8 Å². The number of halogens is 3. The molecule has 0 spiro atoms. The summed E-state index contributed by atoms with van der Waals surface area (Å²) in [5.74, 6) is -0.754. The van der Waals surface area contributed by atoms with Gasteiger partial charge in [0.25, 0.3) is 15.9 Å². The summed E-state index contributed by atoms with van der Waals surface area (Å²) in [7, 11) is -4.08. The average Bonchev–Trinajstić information content (AvgIpc) is 2.74. The van der Waals surface area contributed by atoms with E-state index in [9.17, 15) is 17.6 Å². The third-order valence-electron chi connectivity index (χ3n) is 4.04. The summed E-state index contributed by atoms with van der Waals surface area (Å²) in [4.78, 5) is 16.3. The Morgan fingerprint density at radius 2 is 1.81 bits per heavy atom. The number of benzene rings is 2. The number of carbonyl (C=O) groups is 1. The van der Waals surface area contributed by atoms with Crippen LogP contribution in [-0.2, 0) is 10.0 Å². The van der Waals surface area contributed by atoms with Crippen LogP contribution in [0.25, 0.3) is 0 Å². The highest BCUT2D eigenvalue weighted by Gasteiger charge is 2.18. The van der Waals surface area contributed by atoms with Crippen LogP contribution in [0.4, 0.5) is 15.9 Å². The van der Waals surface area contributed by atoms with Crippen molar-refractivity contribution in [1.82, 2.24) is 10.3 Å². The summed E-state index contributed by atoms with van der Waals surface area (Å²) in [5, 5.41) is 6.37. The predicted octanol–water partition coefficient (Wildman–Crippen LogP) is 4.17. The second-order valence-electron chi connectivity index (χ2n) is 6.28. The van der Waals surface area contributed by atoms with Crippen LogP contribution in [0, 0.1) is 5.82 Å². The molecule has 0 bridgehead atoms. The highest BCUT2D eigenvalue weighted by Crippen LogP contribution is 2.22. The Kier molecular flexibility index (Phi) is 7.32. The lowest BCUT2D eigenvalue weighted by molar-refractivity contribution is 0.0955. The van der Waals surface area contributed by atoms with E-state index in [0.29, 0.717) is 22.4 Å². The molecule has 11 heteroatoms. The number of anilines is 2. The van der Waals surface area contributed by atoms with E-state index in [1.54, 1.807) is 0 Å². The molecular weight excluding hydrogens is 466 g/mol. The second kappa shape index (κ2) is 9.95. The summed E-state index contributed by atoms with van der Waals surface area (Å²) in [6.45, 7) is 0.552.